The molecule has 1 fully saturated rings. The second-order valence-electron chi connectivity index (χ2n) is 11.8. The maximum Gasteiger partial charge on any atom is 0.420 e. The highest BCUT2D eigenvalue weighted by molar-refractivity contribution is 5.99. The van der Waals surface area contributed by atoms with E-state index in [2.05, 4.69) is 33.0 Å². The van der Waals surface area contributed by atoms with E-state index >= 15 is 0 Å². The SMILES string of the molecule is CCCCCOc1ccc(NC(=O)Nc2cc(-c3cc(CC)c4nc(NC5CCC(N)CC5)ncc4c3)n(C)n2)cc1C(F)(F)F. The molecule has 1 aliphatic rings. The summed E-state index contributed by atoms with van der Waals surface area (Å²) in [6.07, 6.45) is 4.31. The minimum absolute atomic E-state index is 0.0232. The summed E-state index contributed by atoms with van der Waals surface area (Å²) in [7, 11) is 1.75. The van der Waals surface area contributed by atoms with Crippen LogP contribution in [0.5, 0.6) is 5.75 Å². The smallest absolute Gasteiger partial charge is 0.420 e. The second-order valence-corrected chi connectivity index (χ2v) is 11.8. The summed E-state index contributed by atoms with van der Waals surface area (Å²) in [6.45, 7) is 4.25. The van der Waals surface area contributed by atoms with Crippen molar-refractivity contribution in [3.05, 3.63) is 53.7 Å². The first-order valence-electron chi connectivity index (χ1n) is 15.8. The molecule has 5 N–H and O–H groups in total. The molecule has 1 saturated carbocycles. The number of nitrogens with one attached hydrogen (secondary N) is 3. The van der Waals surface area contributed by atoms with Gasteiger partial charge >= 0.3 is 12.2 Å². The summed E-state index contributed by atoms with van der Waals surface area (Å²) < 4.78 is 48.2. The third-order valence-electron chi connectivity index (χ3n) is 8.21. The first-order chi connectivity index (χ1) is 22.0. The average molecular weight is 639 g/mol. The van der Waals surface area contributed by atoms with Gasteiger partial charge in [0.15, 0.2) is 5.82 Å². The molecular formula is C33H41F3N8O2. The van der Waals surface area contributed by atoms with Crippen LogP contribution in [0, 0.1) is 0 Å². The van der Waals surface area contributed by atoms with Gasteiger partial charge in [0.25, 0.3) is 0 Å². The maximum atomic E-state index is 13.7. The van der Waals surface area contributed by atoms with E-state index < -0.39 is 17.8 Å². The standard InChI is InChI=1S/C33H41F3N8O2/c1-4-6-7-14-46-28-13-12-25(17-26(28)33(34,35)36)40-32(45)41-29-18-27(44(3)43-29)21-15-20(5-2)30-22(16-21)19-38-31(42-30)39-24-10-8-23(37)9-11-24/h12-13,15-19,23-24H,4-11,14,37H2,1-3H3,(H,38,39,42)(H2,40,41,43,45). The topological polar surface area (TPSA) is 132 Å². The van der Waals surface area contributed by atoms with Crippen LogP contribution in [0.4, 0.5) is 35.4 Å². The molecule has 0 atom stereocenters. The van der Waals surface area contributed by atoms with Crippen molar-refractivity contribution >= 4 is 34.4 Å². The van der Waals surface area contributed by atoms with Crippen LogP contribution in [0.2, 0.25) is 0 Å². The summed E-state index contributed by atoms with van der Waals surface area (Å²) in [5.74, 6) is 0.575. The monoisotopic (exact) mass is 638 g/mol. The molecule has 2 aromatic heterocycles. The van der Waals surface area contributed by atoms with Crippen molar-refractivity contribution < 1.29 is 22.7 Å². The van der Waals surface area contributed by atoms with Crippen LogP contribution in [0.15, 0.2) is 42.6 Å². The van der Waals surface area contributed by atoms with Gasteiger partial charge < -0.3 is 21.1 Å². The van der Waals surface area contributed by atoms with Gasteiger partial charge in [-0.05, 0) is 74.4 Å². The number of benzene rings is 2. The highest BCUT2D eigenvalue weighted by Crippen LogP contribution is 2.38. The molecule has 10 nitrogen and oxygen atoms in total. The van der Waals surface area contributed by atoms with Gasteiger partial charge in [0.05, 0.1) is 23.4 Å². The number of unbranched alkanes of at least 4 members (excludes halogenated alkanes) is 2. The Balaban J connectivity index is 1.29. The highest BCUT2D eigenvalue weighted by Gasteiger charge is 2.35. The van der Waals surface area contributed by atoms with Crippen molar-refractivity contribution in [2.75, 3.05) is 22.6 Å². The van der Waals surface area contributed by atoms with E-state index in [9.17, 15) is 18.0 Å². The largest absolute Gasteiger partial charge is 0.493 e. The lowest BCUT2D eigenvalue weighted by atomic mass is 9.92. The number of alkyl halides is 3. The van der Waals surface area contributed by atoms with Gasteiger partial charge in [-0.25, -0.2) is 14.8 Å². The van der Waals surface area contributed by atoms with Crippen LogP contribution < -0.4 is 26.4 Å². The van der Waals surface area contributed by atoms with E-state index in [1.807, 2.05) is 25.3 Å². The summed E-state index contributed by atoms with van der Waals surface area (Å²) in [5.41, 5.74) is 8.58. The second kappa shape index (κ2) is 14.4. The fourth-order valence-electron chi connectivity index (χ4n) is 5.72. The third kappa shape index (κ3) is 8.06. The fraction of sp³-hybridized carbons (Fsp3) is 0.455. The first kappa shape index (κ1) is 33.0. The van der Waals surface area contributed by atoms with Gasteiger partial charge in [0.2, 0.25) is 5.95 Å². The van der Waals surface area contributed by atoms with Crippen LogP contribution in [0.3, 0.4) is 0 Å². The van der Waals surface area contributed by atoms with Gasteiger partial charge in [-0.3, -0.25) is 10.00 Å². The molecule has 5 rings (SSSR count). The number of anilines is 3. The lowest BCUT2D eigenvalue weighted by Gasteiger charge is -2.26. The molecule has 0 radical (unpaired) electrons. The Morgan fingerprint density at radius 1 is 1.07 bits per heavy atom. The molecule has 46 heavy (non-hydrogen) atoms. The van der Waals surface area contributed by atoms with Crippen LogP contribution in [-0.2, 0) is 19.6 Å². The zero-order valence-electron chi connectivity index (χ0n) is 26.4. The number of fused-ring (bicyclic) bond motifs is 1. The predicted octanol–water partition coefficient (Wildman–Crippen LogP) is 7.51. The number of aryl methyl sites for hydroxylation is 2. The predicted molar refractivity (Wildman–Crippen MR) is 174 cm³/mol. The molecule has 2 aromatic carbocycles. The van der Waals surface area contributed by atoms with Gasteiger partial charge in [-0.2, -0.15) is 18.3 Å². The lowest BCUT2D eigenvalue weighted by molar-refractivity contribution is -0.138. The summed E-state index contributed by atoms with van der Waals surface area (Å²) in [4.78, 5) is 22.2. The summed E-state index contributed by atoms with van der Waals surface area (Å²) in [6, 6.07) is 9.04. The van der Waals surface area contributed by atoms with E-state index in [1.165, 1.54) is 12.1 Å². The third-order valence-corrected chi connectivity index (χ3v) is 8.21. The van der Waals surface area contributed by atoms with E-state index in [1.54, 1.807) is 17.8 Å². The Kier molecular flexibility index (Phi) is 10.3. The highest BCUT2D eigenvalue weighted by atomic mass is 19.4. The molecule has 0 aliphatic heterocycles. The van der Waals surface area contributed by atoms with E-state index in [0.29, 0.717) is 18.4 Å². The Morgan fingerprint density at radius 3 is 2.57 bits per heavy atom. The van der Waals surface area contributed by atoms with Crippen molar-refractivity contribution in [2.45, 2.75) is 83.5 Å². The van der Waals surface area contributed by atoms with Crippen molar-refractivity contribution in [3.8, 4) is 17.0 Å². The lowest BCUT2D eigenvalue weighted by Crippen LogP contribution is -2.33. The number of carbonyl (C=O) groups is 1. The van der Waals surface area contributed by atoms with Gasteiger partial charge in [0.1, 0.15) is 5.75 Å². The molecule has 2 heterocycles. The van der Waals surface area contributed by atoms with Gasteiger partial charge in [-0.15, -0.1) is 0 Å². The number of rotatable bonds is 11. The number of urea groups is 1. The minimum Gasteiger partial charge on any atom is -0.493 e. The quantitative estimate of drug-likeness (QED) is 0.125. The maximum absolute atomic E-state index is 13.7. The molecule has 1 aliphatic carbocycles. The number of hydrogen-bond donors (Lipinski definition) is 4. The Bertz CT molecular complexity index is 1660. The molecule has 246 valence electrons. The molecule has 2 amide bonds. The molecular weight excluding hydrogens is 597 g/mol. The van der Waals surface area contributed by atoms with E-state index in [0.717, 1.165) is 78.7 Å². The molecule has 0 unspecified atom stereocenters. The van der Waals surface area contributed by atoms with E-state index in [4.69, 9.17) is 15.5 Å². The number of halogens is 3. The average Bonchev–Trinajstić information content (AvgIpc) is 3.39. The van der Waals surface area contributed by atoms with Crippen molar-refractivity contribution in [1.29, 1.82) is 0 Å². The number of nitrogens with zero attached hydrogens (tertiary/aromatic N) is 4. The molecule has 13 heteroatoms. The summed E-state index contributed by atoms with van der Waals surface area (Å²) >= 11 is 0. The van der Waals surface area contributed by atoms with Gasteiger partial charge in [-0.1, -0.05) is 26.7 Å². The number of amides is 2. The number of carbonyl (C=O) groups excluding carboxylic acids is 1. The van der Waals surface area contributed by atoms with Crippen molar-refractivity contribution in [1.82, 2.24) is 19.7 Å². The normalized spacial score (nSPS) is 16.8. The number of nitrogens with two attached hydrogens (primary N) is 1. The minimum atomic E-state index is -4.64. The number of ether oxygens (including phenoxy) is 1. The molecule has 0 bridgehead atoms. The van der Waals surface area contributed by atoms with Crippen LogP contribution >= 0.6 is 0 Å². The Labute approximate surface area is 266 Å². The number of aromatic nitrogens is 4. The Hall–Kier alpha value is -4.39. The van der Waals surface area contributed by atoms with Crippen LogP contribution in [0.25, 0.3) is 22.2 Å². The fourth-order valence-corrected chi connectivity index (χ4v) is 5.72. The van der Waals surface area contributed by atoms with Crippen LogP contribution in [0.1, 0.15) is 69.9 Å². The summed E-state index contributed by atoms with van der Waals surface area (Å²) in [5, 5.41) is 13.8. The zero-order valence-corrected chi connectivity index (χ0v) is 26.4. The molecule has 0 saturated heterocycles. The first-order valence-corrected chi connectivity index (χ1v) is 15.8. The van der Waals surface area contributed by atoms with Crippen molar-refractivity contribution in [3.63, 3.8) is 0 Å². The molecule has 0 spiro atoms. The van der Waals surface area contributed by atoms with Crippen LogP contribution in [-0.4, -0.2) is 44.5 Å². The zero-order chi connectivity index (χ0) is 32.8. The number of hydrogen-bond acceptors (Lipinski definition) is 7. The Morgan fingerprint density at radius 2 is 1.85 bits per heavy atom. The van der Waals surface area contributed by atoms with E-state index in [-0.39, 0.29) is 29.9 Å². The van der Waals surface area contributed by atoms with Crippen molar-refractivity contribution in [2.24, 2.45) is 12.8 Å². The van der Waals surface area contributed by atoms with Gasteiger partial charge in [0, 0.05) is 48.0 Å². The molecule has 4 aromatic rings.